The van der Waals surface area contributed by atoms with Gasteiger partial charge in [0.2, 0.25) is 5.91 Å². The highest BCUT2D eigenvalue weighted by Crippen LogP contribution is 2.35. The Labute approximate surface area is 137 Å². The average molecular weight is 321 g/mol. The van der Waals surface area contributed by atoms with Gasteiger partial charge in [-0.3, -0.25) is 9.48 Å². The molecule has 0 unspecified atom stereocenters. The molecule has 0 aromatic carbocycles. The van der Waals surface area contributed by atoms with Crippen molar-refractivity contribution < 1.29 is 14.3 Å². The summed E-state index contributed by atoms with van der Waals surface area (Å²) >= 11 is 0. The van der Waals surface area contributed by atoms with Gasteiger partial charge in [0.1, 0.15) is 5.54 Å². The minimum Gasteiger partial charge on any atom is -0.464 e. The molecular formula is C17H27N3O3. The first-order valence-electron chi connectivity index (χ1n) is 8.48. The summed E-state index contributed by atoms with van der Waals surface area (Å²) in [7, 11) is 1.86. The smallest absolute Gasteiger partial charge is 0.332 e. The van der Waals surface area contributed by atoms with E-state index in [0.717, 1.165) is 18.4 Å². The van der Waals surface area contributed by atoms with Gasteiger partial charge in [0, 0.05) is 26.2 Å². The molecule has 1 aromatic heterocycles. The van der Waals surface area contributed by atoms with Crippen molar-refractivity contribution in [3.05, 3.63) is 18.0 Å². The summed E-state index contributed by atoms with van der Waals surface area (Å²) in [6.07, 6.45) is 7.83. The van der Waals surface area contributed by atoms with E-state index in [1.165, 1.54) is 0 Å². The molecule has 1 fully saturated rings. The molecule has 0 radical (unpaired) electrons. The number of aromatic nitrogens is 2. The van der Waals surface area contributed by atoms with Gasteiger partial charge in [-0.2, -0.15) is 5.10 Å². The maximum absolute atomic E-state index is 12.7. The van der Waals surface area contributed by atoms with Crippen molar-refractivity contribution in [2.75, 3.05) is 13.2 Å². The number of amides is 1. The summed E-state index contributed by atoms with van der Waals surface area (Å²) < 4.78 is 7.01. The maximum atomic E-state index is 12.7. The molecule has 0 bridgehead atoms. The van der Waals surface area contributed by atoms with E-state index in [9.17, 15) is 9.59 Å². The first-order valence-corrected chi connectivity index (χ1v) is 8.48. The number of aryl methyl sites for hydroxylation is 2. The lowest BCUT2D eigenvalue weighted by molar-refractivity contribution is -0.162. The molecule has 0 saturated carbocycles. The molecular weight excluding hydrogens is 294 g/mol. The van der Waals surface area contributed by atoms with E-state index >= 15 is 0 Å². The lowest BCUT2D eigenvalue weighted by Gasteiger charge is -2.36. The number of hydrogen-bond acceptors (Lipinski definition) is 4. The molecule has 23 heavy (non-hydrogen) atoms. The minimum absolute atomic E-state index is 0.0351. The lowest BCUT2D eigenvalue weighted by atomic mass is 9.90. The van der Waals surface area contributed by atoms with Crippen LogP contribution < -0.4 is 0 Å². The van der Waals surface area contributed by atoms with Gasteiger partial charge in [-0.05, 0) is 38.2 Å². The van der Waals surface area contributed by atoms with Crippen LogP contribution in [0.25, 0.3) is 0 Å². The number of rotatable bonds is 7. The molecule has 128 valence electrons. The second kappa shape index (κ2) is 7.62. The molecule has 1 aromatic rings. The Kier molecular flexibility index (Phi) is 5.80. The van der Waals surface area contributed by atoms with Crippen LogP contribution in [0.15, 0.2) is 12.4 Å². The van der Waals surface area contributed by atoms with Gasteiger partial charge >= 0.3 is 5.97 Å². The minimum atomic E-state index is -0.753. The highest BCUT2D eigenvalue weighted by atomic mass is 16.5. The second-order valence-electron chi connectivity index (χ2n) is 6.17. The summed E-state index contributed by atoms with van der Waals surface area (Å²) in [5.74, 6) is -0.207. The van der Waals surface area contributed by atoms with E-state index in [2.05, 4.69) is 5.10 Å². The Morgan fingerprint density at radius 2 is 2.17 bits per heavy atom. The van der Waals surface area contributed by atoms with Crippen LogP contribution in [0.5, 0.6) is 0 Å². The number of nitrogens with zero attached hydrogens (tertiary/aromatic N) is 3. The van der Waals surface area contributed by atoms with Crippen molar-refractivity contribution in [1.29, 1.82) is 0 Å². The Balaban J connectivity index is 2.07. The van der Waals surface area contributed by atoms with Crippen LogP contribution in [0.3, 0.4) is 0 Å². The number of ether oxygens (including phenoxy) is 1. The van der Waals surface area contributed by atoms with E-state index in [-0.39, 0.29) is 11.9 Å². The van der Waals surface area contributed by atoms with Crippen molar-refractivity contribution in [3.8, 4) is 0 Å². The van der Waals surface area contributed by atoms with Crippen LogP contribution in [-0.2, 0) is 27.8 Å². The lowest BCUT2D eigenvalue weighted by Crippen LogP contribution is -2.53. The Hall–Kier alpha value is -1.85. The number of hydrogen-bond donors (Lipinski definition) is 0. The van der Waals surface area contributed by atoms with E-state index in [4.69, 9.17) is 4.74 Å². The molecule has 1 amide bonds. The SMILES string of the molecule is CCC[C@@]1(C(=O)OCC)CCCN1C(=O)CCc1cnn(C)c1. The predicted molar refractivity (Wildman–Crippen MR) is 86.7 cm³/mol. The number of likely N-dealkylation sites (tertiary alicyclic amines) is 1. The van der Waals surface area contributed by atoms with Crippen LogP contribution in [-0.4, -0.2) is 45.2 Å². The van der Waals surface area contributed by atoms with Gasteiger partial charge in [0.25, 0.3) is 0 Å². The van der Waals surface area contributed by atoms with Crippen molar-refractivity contribution in [1.82, 2.24) is 14.7 Å². The summed E-state index contributed by atoms with van der Waals surface area (Å²) in [4.78, 5) is 27.0. The van der Waals surface area contributed by atoms with Gasteiger partial charge in [0.15, 0.2) is 0 Å². The summed E-state index contributed by atoms with van der Waals surface area (Å²) in [6.45, 7) is 4.84. The first-order chi connectivity index (χ1) is 11.0. The normalized spacial score (nSPS) is 20.7. The fourth-order valence-electron chi connectivity index (χ4n) is 3.48. The monoisotopic (exact) mass is 321 g/mol. The Bertz CT molecular complexity index is 555. The summed E-state index contributed by atoms with van der Waals surface area (Å²) in [6, 6.07) is 0. The number of carbonyl (C=O) groups is 2. The van der Waals surface area contributed by atoms with Crippen molar-refractivity contribution in [2.24, 2.45) is 7.05 Å². The van der Waals surface area contributed by atoms with E-state index in [0.29, 0.717) is 38.8 Å². The summed E-state index contributed by atoms with van der Waals surface area (Å²) in [5.41, 5.74) is 0.286. The van der Waals surface area contributed by atoms with Crippen molar-refractivity contribution in [3.63, 3.8) is 0 Å². The van der Waals surface area contributed by atoms with Crippen LogP contribution in [0.1, 0.15) is 51.5 Å². The van der Waals surface area contributed by atoms with Gasteiger partial charge in [-0.25, -0.2) is 4.79 Å². The molecule has 1 aliphatic rings. The Morgan fingerprint density at radius 3 is 2.78 bits per heavy atom. The standard InChI is InChI=1S/C17H27N3O3/c1-4-9-17(16(22)23-5-2)10-6-11-20(17)15(21)8-7-14-12-18-19(3)13-14/h12-13H,4-11H2,1-3H3/t17-/m0/s1. The molecule has 6 nitrogen and oxygen atoms in total. The number of esters is 1. The first kappa shape index (κ1) is 17.5. The van der Waals surface area contributed by atoms with Crippen LogP contribution >= 0.6 is 0 Å². The molecule has 6 heteroatoms. The third-order valence-corrected chi connectivity index (χ3v) is 4.49. The van der Waals surface area contributed by atoms with Gasteiger partial charge in [-0.1, -0.05) is 13.3 Å². The Morgan fingerprint density at radius 1 is 1.39 bits per heavy atom. The largest absolute Gasteiger partial charge is 0.464 e. The molecule has 0 spiro atoms. The third-order valence-electron chi connectivity index (χ3n) is 4.49. The fourth-order valence-corrected chi connectivity index (χ4v) is 3.48. The van der Waals surface area contributed by atoms with Crippen LogP contribution in [0.2, 0.25) is 0 Å². The third kappa shape index (κ3) is 3.74. The van der Waals surface area contributed by atoms with Gasteiger partial charge in [0.05, 0.1) is 12.8 Å². The fraction of sp³-hybridized carbons (Fsp3) is 0.706. The summed E-state index contributed by atoms with van der Waals surface area (Å²) in [5, 5.41) is 4.12. The zero-order valence-electron chi connectivity index (χ0n) is 14.4. The van der Waals surface area contributed by atoms with E-state index in [1.807, 2.05) is 20.2 Å². The van der Waals surface area contributed by atoms with E-state index in [1.54, 1.807) is 22.7 Å². The van der Waals surface area contributed by atoms with Crippen molar-refractivity contribution in [2.45, 2.75) is 57.9 Å². The number of carbonyl (C=O) groups excluding carboxylic acids is 2. The predicted octanol–water partition coefficient (Wildman–Crippen LogP) is 2.08. The quantitative estimate of drug-likeness (QED) is 0.721. The molecule has 1 atom stereocenters. The van der Waals surface area contributed by atoms with E-state index < -0.39 is 5.54 Å². The topological polar surface area (TPSA) is 64.4 Å². The molecule has 2 heterocycles. The average Bonchev–Trinajstić information content (AvgIpc) is 3.13. The highest BCUT2D eigenvalue weighted by molar-refractivity contribution is 5.89. The van der Waals surface area contributed by atoms with Gasteiger partial charge in [-0.15, -0.1) is 0 Å². The zero-order valence-corrected chi connectivity index (χ0v) is 14.4. The maximum Gasteiger partial charge on any atom is 0.332 e. The molecule has 1 saturated heterocycles. The molecule has 1 aliphatic heterocycles. The molecule has 0 N–H and O–H groups in total. The zero-order chi connectivity index (χ0) is 16.9. The van der Waals surface area contributed by atoms with Crippen LogP contribution in [0, 0.1) is 0 Å². The van der Waals surface area contributed by atoms with Crippen molar-refractivity contribution >= 4 is 11.9 Å². The molecule has 0 aliphatic carbocycles. The second-order valence-corrected chi connectivity index (χ2v) is 6.17. The van der Waals surface area contributed by atoms with Crippen LogP contribution in [0.4, 0.5) is 0 Å². The van der Waals surface area contributed by atoms with Gasteiger partial charge < -0.3 is 9.64 Å². The molecule has 2 rings (SSSR count). The highest BCUT2D eigenvalue weighted by Gasteiger charge is 2.49.